The Labute approximate surface area is 167 Å². The first kappa shape index (κ1) is 21.5. The summed E-state index contributed by atoms with van der Waals surface area (Å²) in [4.78, 5) is 24.5. The van der Waals surface area contributed by atoms with Crippen molar-refractivity contribution in [3.63, 3.8) is 0 Å². The summed E-state index contributed by atoms with van der Waals surface area (Å²) in [5.74, 6) is -0.185. The first-order valence-electron chi connectivity index (χ1n) is 9.81. The molecule has 150 valence electrons. The van der Waals surface area contributed by atoms with Crippen LogP contribution in [-0.2, 0) is 9.53 Å². The lowest BCUT2D eigenvalue weighted by Gasteiger charge is -2.15. The fourth-order valence-electron chi connectivity index (χ4n) is 2.64. The van der Waals surface area contributed by atoms with Gasteiger partial charge in [0.05, 0.1) is 12.2 Å². The molecular weight excluding hydrogens is 354 g/mol. The van der Waals surface area contributed by atoms with Crippen molar-refractivity contribution in [3.05, 3.63) is 59.7 Å². The van der Waals surface area contributed by atoms with E-state index in [1.54, 1.807) is 31.2 Å². The van der Waals surface area contributed by atoms with Crippen LogP contribution < -0.4 is 10.1 Å². The van der Waals surface area contributed by atoms with Crippen molar-refractivity contribution in [3.8, 4) is 5.75 Å². The van der Waals surface area contributed by atoms with Crippen LogP contribution in [0.25, 0.3) is 0 Å². The molecule has 2 aromatic rings. The first-order chi connectivity index (χ1) is 13.5. The number of amides is 1. The van der Waals surface area contributed by atoms with E-state index in [9.17, 15) is 9.59 Å². The molecule has 0 aromatic heterocycles. The number of unbranched alkanes of at least 4 members (excludes halogenated alkanes) is 3. The summed E-state index contributed by atoms with van der Waals surface area (Å²) < 4.78 is 11.0. The summed E-state index contributed by atoms with van der Waals surface area (Å²) in [5, 5.41) is 2.78. The lowest BCUT2D eigenvalue weighted by atomic mass is 10.2. The molecule has 0 saturated heterocycles. The van der Waals surface area contributed by atoms with Gasteiger partial charge in [0.25, 0.3) is 5.91 Å². The predicted molar refractivity (Wildman–Crippen MR) is 111 cm³/mol. The van der Waals surface area contributed by atoms with Gasteiger partial charge in [-0.2, -0.15) is 0 Å². The maximum atomic E-state index is 12.3. The minimum atomic E-state index is -0.901. The zero-order chi connectivity index (χ0) is 20.4. The van der Waals surface area contributed by atoms with E-state index in [2.05, 4.69) is 12.2 Å². The lowest BCUT2D eigenvalue weighted by molar-refractivity contribution is -0.123. The molecule has 0 radical (unpaired) electrons. The van der Waals surface area contributed by atoms with E-state index in [0.29, 0.717) is 17.9 Å². The monoisotopic (exact) mass is 383 g/mol. The fraction of sp³-hybridized carbons (Fsp3) is 0.391. The molecule has 1 N–H and O–H groups in total. The van der Waals surface area contributed by atoms with Gasteiger partial charge in [0.15, 0.2) is 6.10 Å². The third-order valence-electron chi connectivity index (χ3n) is 4.41. The predicted octanol–water partition coefficient (Wildman–Crippen LogP) is 5.14. The van der Waals surface area contributed by atoms with Crippen LogP contribution in [0.1, 0.15) is 55.5 Å². The number of hydrogen-bond acceptors (Lipinski definition) is 4. The maximum Gasteiger partial charge on any atom is 0.338 e. The van der Waals surface area contributed by atoms with Crippen LogP contribution in [0.2, 0.25) is 0 Å². The van der Waals surface area contributed by atoms with E-state index in [-0.39, 0.29) is 5.91 Å². The van der Waals surface area contributed by atoms with Gasteiger partial charge in [0, 0.05) is 5.69 Å². The van der Waals surface area contributed by atoms with Crippen molar-refractivity contribution >= 4 is 17.6 Å². The highest BCUT2D eigenvalue weighted by atomic mass is 16.5. The molecule has 1 unspecified atom stereocenters. The number of para-hydroxylation sites is 1. The van der Waals surface area contributed by atoms with Crippen molar-refractivity contribution in [2.75, 3.05) is 11.9 Å². The van der Waals surface area contributed by atoms with E-state index in [0.717, 1.165) is 24.2 Å². The van der Waals surface area contributed by atoms with Gasteiger partial charge in [0.2, 0.25) is 0 Å². The molecule has 5 heteroatoms. The number of anilines is 1. The van der Waals surface area contributed by atoms with Crippen LogP contribution in [0, 0.1) is 6.92 Å². The van der Waals surface area contributed by atoms with Crippen molar-refractivity contribution < 1.29 is 19.1 Å². The van der Waals surface area contributed by atoms with Gasteiger partial charge >= 0.3 is 5.97 Å². The Balaban J connectivity index is 1.82. The summed E-state index contributed by atoms with van der Waals surface area (Å²) in [7, 11) is 0. The van der Waals surface area contributed by atoms with Crippen LogP contribution >= 0.6 is 0 Å². The average Bonchev–Trinajstić information content (AvgIpc) is 2.70. The highest BCUT2D eigenvalue weighted by molar-refractivity contribution is 5.97. The highest BCUT2D eigenvalue weighted by Gasteiger charge is 2.19. The normalized spacial score (nSPS) is 11.5. The van der Waals surface area contributed by atoms with Crippen molar-refractivity contribution in [2.24, 2.45) is 0 Å². The van der Waals surface area contributed by atoms with Crippen molar-refractivity contribution in [1.29, 1.82) is 0 Å². The number of esters is 1. The Hall–Kier alpha value is -2.82. The molecule has 0 bridgehead atoms. The molecule has 0 spiro atoms. The summed E-state index contributed by atoms with van der Waals surface area (Å²) in [6, 6.07) is 14.2. The van der Waals surface area contributed by atoms with E-state index >= 15 is 0 Å². The third kappa shape index (κ3) is 6.72. The Morgan fingerprint density at radius 2 is 1.71 bits per heavy atom. The molecule has 5 nitrogen and oxygen atoms in total. The van der Waals surface area contributed by atoms with Crippen LogP contribution in [0.3, 0.4) is 0 Å². The maximum absolute atomic E-state index is 12.3. The lowest BCUT2D eigenvalue weighted by Crippen LogP contribution is -2.30. The summed E-state index contributed by atoms with van der Waals surface area (Å²) in [6.45, 7) is 6.30. The molecule has 0 aliphatic heterocycles. The fourth-order valence-corrected chi connectivity index (χ4v) is 2.64. The largest absolute Gasteiger partial charge is 0.494 e. The molecular formula is C23H29NO4. The SMILES string of the molecule is CCCCCCOc1ccc(C(=O)OC(C)C(=O)Nc2ccccc2C)cc1. The molecule has 0 aliphatic carbocycles. The van der Waals surface area contributed by atoms with Crippen LogP contribution in [0.4, 0.5) is 5.69 Å². The number of carbonyl (C=O) groups is 2. The highest BCUT2D eigenvalue weighted by Crippen LogP contribution is 2.16. The molecule has 0 saturated carbocycles. The number of ether oxygens (including phenoxy) is 2. The summed E-state index contributed by atoms with van der Waals surface area (Å²) in [5.41, 5.74) is 2.03. The Morgan fingerprint density at radius 3 is 2.39 bits per heavy atom. The molecule has 2 rings (SSSR count). The zero-order valence-electron chi connectivity index (χ0n) is 16.9. The number of carbonyl (C=O) groups excluding carboxylic acids is 2. The Morgan fingerprint density at radius 1 is 1.00 bits per heavy atom. The van der Waals surface area contributed by atoms with E-state index in [1.165, 1.54) is 12.8 Å². The zero-order valence-corrected chi connectivity index (χ0v) is 16.9. The number of nitrogens with one attached hydrogen (secondary N) is 1. The second kappa shape index (κ2) is 11.1. The average molecular weight is 383 g/mol. The molecule has 28 heavy (non-hydrogen) atoms. The second-order valence-corrected chi connectivity index (χ2v) is 6.79. The molecule has 1 atom stereocenters. The van der Waals surface area contributed by atoms with Gasteiger partial charge in [-0.15, -0.1) is 0 Å². The molecule has 1 amide bonds. The molecule has 0 aliphatic rings. The smallest absolute Gasteiger partial charge is 0.338 e. The second-order valence-electron chi connectivity index (χ2n) is 6.79. The van der Waals surface area contributed by atoms with E-state index in [4.69, 9.17) is 9.47 Å². The van der Waals surface area contributed by atoms with E-state index in [1.807, 2.05) is 31.2 Å². The van der Waals surface area contributed by atoms with Crippen LogP contribution in [-0.4, -0.2) is 24.6 Å². The third-order valence-corrected chi connectivity index (χ3v) is 4.41. The number of hydrogen-bond donors (Lipinski definition) is 1. The number of benzene rings is 2. The van der Waals surface area contributed by atoms with E-state index < -0.39 is 12.1 Å². The molecule has 0 fully saturated rings. The number of aryl methyl sites for hydroxylation is 1. The van der Waals surface area contributed by atoms with Gasteiger partial charge in [-0.3, -0.25) is 4.79 Å². The van der Waals surface area contributed by atoms with Crippen LogP contribution in [0.15, 0.2) is 48.5 Å². The van der Waals surface area contributed by atoms with Crippen molar-refractivity contribution in [1.82, 2.24) is 0 Å². The quantitative estimate of drug-likeness (QED) is 0.456. The first-order valence-corrected chi connectivity index (χ1v) is 9.81. The Bertz CT molecular complexity index is 770. The number of rotatable bonds is 10. The minimum absolute atomic E-state index is 0.366. The van der Waals surface area contributed by atoms with Gasteiger partial charge in [0.1, 0.15) is 5.75 Å². The standard InChI is InChI=1S/C23H29NO4/c1-4-5-6-9-16-27-20-14-12-19(13-15-20)23(26)28-18(3)22(25)24-21-11-8-7-10-17(21)2/h7-8,10-15,18H,4-6,9,16H2,1-3H3,(H,24,25). The molecule has 0 heterocycles. The van der Waals surface area contributed by atoms with Gasteiger partial charge in [-0.1, -0.05) is 44.4 Å². The van der Waals surface area contributed by atoms with Crippen molar-refractivity contribution in [2.45, 2.75) is 52.6 Å². The Kier molecular flexibility index (Phi) is 8.53. The minimum Gasteiger partial charge on any atom is -0.494 e. The summed E-state index contributed by atoms with van der Waals surface area (Å²) >= 11 is 0. The van der Waals surface area contributed by atoms with Crippen LogP contribution in [0.5, 0.6) is 5.75 Å². The van der Waals surface area contributed by atoms with Gasteiger partial charge in [-0.05, 0) is 56.2 Å². The van der Waals surface area contributed by atoms with Gasteiger partial charge < -0.3 is 14.8 Å². The van der Waals surface area contributed by atoms with Gasteiger partial charge in [-0.25, -0.2) is 4.79 Å². The topological polar surface area (TPSA) is 64.6 Å². The summed E-state index contributed by atoms with van der Waals surface area (Å²) in [6.07, 6.45) is 3.68. The molecule has 2 aromatic carbocycles.